The molecular formula is C15H17NO2. The highest BCUT2D eigenvalue weighted by molar-refractivity contribution is 5.87. The number of carbonyl (C=O) groups excluding carboxylic acids is 1. The number of hydrogen-bond acceptors (Lipinski definition) is 2. The van der Waals surface area contributed by atoms with Gasteiger partial charge in [0.05, 0.1) is 6.54 Å². The molecule has 1 amide bonds. The molecule has 1 aromatic heterocycles. The van der Waals surface area contributed by atoms with Crippen molar-refractivity contribution in [2.45, 2.75) is 20.4 Å². The van der Waals surface area contributed by atoms with Crippen molar-refractivity contribution in [3.63, 3.8) is 0 Å². The molecule has 1 aromatic carbocycles. The fraction of sp³-hybridized carbons (Fsp3) is 0.267. The van der Waals surface area contributed by atoms with E-state index < -0.39 is 0 Å². The Balaban J connectivity index is 2.37. The van der Waals surface area contributed by atoms with Gasteiger partial charge < -0.3 is 9.32 Å². The zero-order valence-electron chi connectivity index (χ0n) is 11.0. The van der Waals surface area contributed by atoms with Crippen LogP contribution in [0, 0.1) is 13.8 Å². The predicted molar refractivity (Wildman–Crippen MR) is 72.4 cm³/mol. The van der Waals surface area contributed by atoms with E-state index in [0.29, 0.717) is 6.54 Å². The smallest absolute Gasteiger partial charge is 0.246 e. The van der Waals surface area contributed by atoms with Crippen LogP contribution in [0.25, 0.3) is 11.0 Å². The van der Waals surface area contributed by atoms with Gasteiger partial charge in [-0.1, -0.05) is 18.2 Å². The fourth-order valence-electron chi connectivity index (χ4n) is 1.99. The van der Waals surface area contributed by atoms with Gasteiger partial charge in [0.2, 0.25) is 5.91 Å². The summed E-state index contributed by atoms with van der Waals surface area (Å²) in [5.41, 5.74) is 3.17. The highest BCUT2D eigenvalue weighted by Crippen LogP contribution is 2.26. The molecule has 0 N–H and O–H groups in total. The molecule has 0 saturated carbocycles. The van der Waals surface area contributed by atoms with Crippen molar-refractivity contribution in [3.8, 4) is 0 Å². The summed E-state index contributed by atoms with van der Waals surface area (Å²) in [7, 11) is 1.74. The van der Waals surface area contributed by atoms with Gasteiger partial charge in [0.15, 0.2) is 0 Å². The van der Waals surface area contributed by atoms with Gasteiger partial charge in [0.1, 0.15) is 11.3 Å². The summed E-state index contributed by atoms with van der Waals surface area (Å²) in [5, 5.41) is 1.12. The van der Waals surface area contributed by atoms with E-state index >= 15 is 0 Å². The molecule has 2 aromatic rings. The molecular weight excluding hydrogens is 226 g/mol. The van der Waals surface area contributed by atoms with E-state index in [0.717, 1.165) is 22.3 Å². The van der Waals surface area contributed by atoms with E-state index in [2.05, 4.69) is 19.6 Å². The molecule has 0 aliphatic heterocycles. The highest BCUT2D eigenvalue weighted by atomic mass is 16.3. The molecule has 0 aliphatic rings. The average Bonchev–Trinajstić information content (AvgIpc) is 2.65. The van der Waals surface area contributed by atoms with Gasteiger partial charge in [-0.2, -0.15) is 0 Å². The molecule has 0 fully saturated rings. The first-order valence-corrected chi connectivity index (χ1v) is 5.89. The summed E-state index contributed by atoms with van der Waals surface area (Å²) in [6.45, 7) is 8.02. The minimum Gasteiger partial charge on any atom is -0.459 e. The lowest BCUT2D eigenvalue weighted by Crippen LogP contribution is -2.23. The van der Waals surface area contributed by atoms with Crippen molar-refractivity contribution in [3.05, 3.63) is 47.7 Å². The summed E-state index contributed by atoms with van der Waals surface area (Å²) in [4.78, 5) is 13.1. The number of benzene rings is 1. The minimum atomic E-state index is -0.106. The Labute approximate surface area is 107 Å². The molecule has 0 unspecified atom stereocenters. The number of fused-ring (bicyclic) bond motifs is 1. The summed E-state index contributed by atoms with van der Waals surface area (Å²) >= 11 is 0. The third-order valence-corrected chi connectivity index (χ3v) is 3.12. The van der Waals surface area contributed by atoms with Gasteiger partial charge >= 0.3 is 0 Å². The molecule has 94 valence electrons. The van der Waals surface area contributed by atoms with Crippen LogP contribution in [0.1, 0.15) is 16.9 Å². The number of hydrogen-bond donors (Lipinski definition) is 0. The lowest BCUT2D eigenvalue weighted by molar-refractivity contribution is -0.125. The molecule has 18 heavy (non-hydrogen) atoms. The van der Waals surface area contributed by atoms with E-state index in [1.165, 1.54) is 11.6 Å². The van der Waals surface area contributed by atoms with Crippen LogP contribution in [-0.4, -0.2) is 17.9 Å². The van der Waals surface area contributed by atoms with Crippen LogP contribution in [0.2, 0.25) is 0 Å². The predicted octanol–water partition coefficient (Wildman–Crippen LogP) is 3.19. The van der Waals surface area contributed by atoms with Gasteiger partial charge in [0.25, 0.3) is 0 Å². The summed E-state index contributed by atoms with van der Waals surface area (Å²) in [6.07, 6.45) is 1.31. The first-order valence-electron chi connectivity index (χ1n) is 5.89. The van der Waals surface area contributed by atoms with Gasteiger partial charge in [-0.25, -0.2) is 0 Å². The number of carbonyl (C=O) groups is 1. The third-order valence-electron chi connectivity index (χ3n) is 3.12. The summed E-state index contributed by atoms with van der Waals surface area (Å²) in [6, 6.07) is 6.09. The maximum absolute atomic E-state index is 11.5. The summed E-state index contributed by atoms with van der Waals surface area (Å²) in [5.74, 6) is 0.722. The van der Waals surface area contributed by atoms with Crippen LogP contribution in [0.4, 0.5) is 0 Å². The van der Waals surface area contributed by atoms with Gasteiger partial charge in [-0.3, -0.25) is 4.79 Å². The van der Waals surface area contributed by atoms with E-state index in [4.69, 9.17) is 4.42 Å². The topological polar surface area (TPSA) is 33.5 Å². The Morgan fingerprint density at radius 2 is 2.17 bits per heavy atom. The number of likely N-dealkylation sites (N-methyl/N-ethyl adjacent to an activating group) is 1. The second-order valence-electron chi connectivity index (χ2n) is 4.55. The van der Waals surface area contributed by atoms with Crippen molar-refractivity contribution >= 4 is 16.9 Å². The SMILES string of the molecule is C=CC(=O)N(C)Cc1oc2ccc(C)cc2c1C. The van der Waals surface area contributed by atoms with Crippen molar-refractivity contribution in [2.75, 3.05) is 7.05 Å². The normalized spacial score (nSPS) is 10.6. The maximum Gasteiger partial charge on any atom is 0.246 e. The first-order chi connectivity index (χ1) is 8.52. The Hall–Kier alpha value is -2.03. The molecule has 0 saturated heterocycles. The summed E-state index contributed by atoms with van der Waals surface area (Å²) < 4.78 is 5.79. The average molecular weight is 243 g/mol. The van der Waals surface area contributed by atoms with E-state index in [1.807, 2.05) is 19.1 Å². The second-order valence-corrected chi connectivity index (χ2v) is 4.55. The Morgan fingerprint density at radius 3 is 2.83 bits per heavy atom. The molecule has 3 heteroatoms. The number of furan rings is 1. The number of rotatable bonds is 3. The zero-order valence-corrected chi connectivity index (χ0v) is 11.0. The van der Waals surface area contributed by atoms with Crippen LogP contribution < -0.4 is 0 Å². The quantitative estimate of drug-likeness (QED) is 0.776. The lowest BCUT2D eigenvalue weighted by Gasteiger charge is -2.13. The first kappa shape index (κ1) is 12.4. The van der Waals surface area contributed by atoms with Gasteiger partial charge in [-0.15, -0.1) is 0 Å². The molecule has 0 aliphatic carbocycles. The van der Waals surface area contributed by atoms with Crippen LogP contribution in [-0.2, 0) is 11.3 Å². The number of nitrogens with zero attached hydrogens (tertiary/aromatic N) is 1. The van der Waals surface area contributed by atoms with E-state index in [-0.39, 0.29) is 5.91 Å². The zero-order chi connectivity index (χ0) is 13.3. The van der Waals surface area contributed by atoms with Crippen molar-refractivity contribution in [1.29, 1.82) is 0 Å². The lowest BCUT2D eigenvalue weighted by atomic mass is 10.1. The maximum atomic E-state index is 11.5. The van der Waals surface area contributed by atoms with E-state index in [1.54, 1.807) is 11.9 Å². The fourth-order valence-corrected chi connectivity index (χ4v) is 1.99. The van der Waals surface area contributed by atoms with Crippen molar-refractivity contribution < 1.29 is 9.21 Å². The molecule has 2 rings (SSSR count). The molecule has 0 bridgehead atoms. The Morgan fingerprint density at radius 1 is 1.44 bits per heavy atom. The van der Waals surface area contributed by atoms with Crippen molar-refractivity contribution in [1.82, 2.24) is 4.90 Å². The van der Waals surface area contributed by atoms with Crippen LogP contribution >= 0.6 is 0 Å². The highest BCUT2D eigenvalue weighted by Gasteiger charge is 2.14. The second kappa shape index (κ2) is 4.69. The van der Waals surface area contributed by atoms with Gasteiger partial charge in [0, 0.05) is 18.0 Å². The number of amides is 1. The molecule has 3 nitrogen and oxygen atoms in total. The largest absolute Gasteiger partial charge is 0.459 e. The minimum absolute atomic E-state index is 0.106. The standard InChI is InChI=1S/C15H17NO2/c1-5-15(17)16(4)9-14-11(3)12-8-10(2)6-7-13(12)18-14/h5-8H,1,9H2,2-4H3. The Bertz CT molecular complexity index is 610. The third kappa shape index (κ3) is 2.16. The van der Waals surface area contributed by atoms with Crippen LogP contribution in [0.3, 0.4) is 0 Å². The molecule has 0 radical (unpaired) electrons. The van der Waals surface area contributed by atoms with E-state index in [9.17, 15) is 4.79 Å². The van der Waals surface area contributed by atoms with Gasteiger partial charge in [-0.05, 0) is 32.1 Å². The molecule has 0 atom stereocenters. The number of aryl methyl sites for hydroxylation is 2. The Kier molecular flexibility index (Phi) is 3.24. The van der Waals surface area contributed by atoms with Crippen LogP contribution in [0.15, 0.2) is 35.3 Å². The van der Waals surface area contributed by atoms with Crippen LogP contribution in [0.5, 0.6) is 0 Å². The molecule has 1 heterocycles. The van der Waals surface area contributed by atoms with Crippen molar-refractivity contribution in [2.24, 2.45) is 0 Å². The molecule has 0 spiro atoms. The monoisotopic (exact) mass is 243 g/mol.